The third-order valence-corrected chi connectivity index (χ3v) is 3.82. The monoisotopic (exact) mass is 273 g/mol. The molecule has 1 N–H and O–H groups in total. The molecule has 0 saturated carbocycles. The van der Waals surface area contributed by atoms with Crippen LogP contribution in [0.15, 0.2) is 66.7 Å². The Hall–Kier alpha value is -2.74. The van der Waals surface area contributed by atoms with Gasteiger partial charge >= 0.3 is 0 Å². The van der Waals surface area contributed by atoms with Crippen LogP contribution in [0.1, 0.15) is 5.56 Å². The number of benzene rings is 3. The van der Waals surface area contributed by atoms with Crippen molar-refractivity contribution in [3.05, 3.63) is 72.3 Å². The van der Waals surface area contributed by atoms with Gasteiger partial charge in [-0.25, -0.2) is 0 Å². The summed E-state index contributed by atoms with van der Waals surface area (Å²) in [4.78, 5) is 3.46. The maximum Gasteiger partial charge on any atom is 0.151 e. The van der Waals surface area contributed by atoms with E-state index in [4.69, 9.17) is 4.74 Å². The van der Waals surface area contributed by atoms with Crippen LogP contribution in [-0.2, 0) is 0 Å². The number of aromatic amines is 1. The van der Waals surface area contributed by atoms with Crippen LogP contribution in [0.4, 0.5) is 0 Å². The first-order valence-electron chi connectivity index (χ1n) is 7.06. The van der Waals surface area contributed by atoms with Gasteiger partial charge in [0.2, 0.25) is 0 Å². The van der Waals surface area contributed by atoms with Crippen molar-refractivity contribution in [1.29, 1.82) is 0 Å². The highest BCUT2D eigenvalue weighted by Gasteiger charge is 2.09. The largest absolute Gasteiger partial charge is 0.455 e. The molecule has 2 heteroatoms. The molecular weight excluding hydrogens is 258 g/mol. The second-order valence-electron chi connectivity index (χ2n) is 5.22. The maximum atomic E-state index is 6.12. The average molecular weight is 273 g/mol. The second-order valence-corrected chi connectivity index (χ2v) is 5.22. The van der Waals surface area contributed by atoms with Gasteiger partial charge in [-0.05, 0) is 30.7 Å². The summed E-state index contributed by atoms with van der Waals surface area (Å²) >= 11 is 0. The van der Waals surface area contributed by atoms with Crippen molar-refractivity contribution in [2.24, 2.45) is 0 Å². The summed E-state index contributed by atoms with van der Waals surface area (Å²) in [7, 11) is 0. The molecular formula is C19H15NO. The van der Waals surface area contributed by atoms with Gasteiger partial charge in [-0.15, -0.1) is 0 Å². The van der Waals surface area contributed by atoms with Crippen molar-refractivity contribution in [2.45, 2.75) is 6.92 Å². The summed E-state index contributed by atoms with van der Waals surface area (Å²) < 4.78 is 6.12. The zero-order valence-corrected chi connectivity index (χ0v) is 11.8. The fourth-order valence-corrected chi connectivity index (χ4v) is 2.72. The molecule has 1 aromatic heterocycles. The number of rotatable bonds is 2. The quantitative estimate of drug-likeness (QED) is 0.518. The van der Waals surface area contributed by atoms with Gasteiger partial charge in [0.05, 0.1) is 5.52 Å². The minimum absolute atomic E-state index is 0.859. The first-order chi connectivity index (χ1) is 10.3. The topological polar surface area (TPSA) is 25.0 Å². The van der Waals surface area contributed by atoms with Gasteiger partial charge in [0.1, 0.15) is 5.75 Å². The number of nitrogens with one attached hydrogen (secondary N) is 1. The van der Waals surface area contributed by atoms with Crippen molar-refractivity contribution in [1.82, 2.24) is 4.98 Å². The van der Waals surface area contributed by atoms with Crippen molar-refractivity contribution in [2.75, 3.05) is 0 Å². The third-order valence-electron chi connectivity index (χ3n) is 3.82. The summed E-state index contributed by atoms with van der Waals surface area (Å²) in [5, 5.41) is 2.42. The predicted molar refractivity (Wildman–Crippen MR) is 87.1 cm³/mol. The predicted octanol–water partition coefficient (Wildman–Crippen LogP) is 5.42. The highest BCUT2D eigenvalue weighted by Crippen LogP contribution is 2.34. The molecule has 4 rings (SSSR count). The van der Waals surface area contributed by atoms with Gasteiger partial charge in [-0.3, -0.25) is 0 Å². The van der Waals surface area contributed by atoms with E-state index in [1.165, 1.54) is 10.8 Å². The van der Waals surface area contributed by atoms with Crippen LogP contribution in [0.2, 0.25) is 0 Å². The highest BCUT2D eigenvalue weighted by atomic mass is 16.5. The molecule has 0 aliphatic rings. The van der Waals surface area contributed by atoms with Gasteiger partial charge < -0.3 is 9.72 Å². The summed E-state index contributed by atoms with van der Waals surface area (Å²) in [6, 6.07) is 22.6. The fourth-order valence-electron chi connectivity index (χ4n) is 2.72. The smallest absolute Gasteiger partial charge is 0.151 e. The van der Waals surface area contributed by atoms with E-state index in [2.05, 4.69) is 42.2 Å². The zero-order chi connectivity index (χ0) is 14.2. The molecule has 0 spiro atoms. The summed E-state index contributed by atoms with van der Waals surface area (Å²) in [5.41, 5.74) is 3.31. The molecule has 21 heavy (non-hydrogen) atoms. The second kappa shape index (κ2) is 4.67. The lowest BCUT2D eigenvalue weighted by molar-refractivity contribution is 0.483. The van der Waals surface area contributed by atoms with E-state index < -0.39 is 0 Å². The molecule has 0 radical (unpaired) electrons. The molecule has 0 aliphatic carbocycles. The first-order valence-corrected chi connectivity index (χ1v) is 7.06. The lowest BCUT2D eigenvalue weighted by atomic mass is 10.1. The average Bonchev–Trinajstić information content (AvgIpc) is 2.89. The molecule has 0 bridgehead atoms. The van der Waals surface area contributed by atoms with Crippen molar-refractivity contribution < 1.29 is 4.74 Å². The van der Waals surface area contributed by atoms with Crippen LogP contribution < -0.4 is 4.74 Å². The normalized spacial score (nSPS) is 11.1. The Bertz CT molecular complexity index is 937. The van der Waals surface area contributed by atoms with Crippen LogP contribution >= 0.6 is 0 Å². The fraction of sp³-hybridized carbons (Fsp3) is 0.0526. The number of para-hydroxylation sites is 3. The molecule has 3 aromatic carbocycles. The Morgan fingerprint density at radius 1 is 0.714 bits per heavy atom. The van der Waals surface area contributed by atoms with Crippen LogP contribution in [0.3, 0.4) is 0 Å². The minimum atomic E-state index is 0.859. The SMILES string of the molecule is Cc1ccccc1Oc1cccc2c1[nH]c1ccccc12. The molecule has 0 fully saturated rings. The highest BCUT2D eigenvalue weighted by molar-refractivity contribution is 6.09. The lowest BCUT2D eigenvalue weighted by Gasteiger charge is -2.09. The molecule has 0 saturated heterocycles. The Morgan fingerprint density at radius 2 is 1.43 bits per heavy atom. The van der Waals surface area contributed by atoms with Gasteiger partial charge in [-0.2, -0.15) is 0 Å². The summed E-state index contributed by atoms with van der Waals surface area (Å²) in [6.45, 7) is 2.06. The van der Waals surface area contributed by atoms with E-state index in [0.29, 0.717) is 0 Å². The molecule has 1 heterocycles. The number of ether oxygens (including phenoxy) is 1. The van der Waals surface area contributed by atoms with E-state index in [9.17, 15) is 0 Å². The van der Waals surface area contributed by atoms with E-state index >= 15 is 0 Å². The molecule has 2 nitrogen and oxygen atoms in total. The molecule has 0 unspecified atom stereocenters. The number of aryl methyl sites for hydroxylation is 1. The van der Waals surface area contributed by atoms with Crippen LogP contribution in [0.25, 0.3) is 21.8 Å². The van der Waals surface area contributed by atoms with Crippen LogP contribution in [0, 0.1) is 6.92 Å². The molecule has 0 amide bonds. The number of hydrogen-bond donors (Lipinski definition) is 1. The van der Waals surface area contributed by atoms with Crippen molar-refractivity contribution >= 4 is 21.8 Å². The van der Waals surface area contributed by atoms with Crippen LogP contribution in [-0.4, -0.2) is 4.98 Å². The number of hydrogen-bond acceptors (Lipinski definition) is 1. The van der Waals surface area contributed by atoms with Gasteiger partial charge in [0, 0.05) is 16.3 Å². The lowest BCUT2D eigenvalue weighted by Crippen LogP contribution is -1.88. The maximum absolute atomic E-state index is 6.12. The first kappa shape index (κ1) is 12.0. The van der Waals surface area contributed by atoms with E-state index in [1.807, 2.05) is 36.4 Å². The summed E-state index contributed by atoms with van der Waals surface area (Å²) in [5.74, 6) is 1.75. The van der Waals surface area contributed by atoms with E-state index in [-0.39, 0.29) is 0 Å². The molecule has 0 atom stereocenters. The molecule has 0 aliphatic heterocycles. The number of fused-ring (bicyclic) bond motifs is 3. The number of H-pyrrole nitrogens is 1. The standard InChI is InChI=1S/C19H15NO/c1-13-7-2-5-11-17(13)21-18-12-6-9-15-14-8-3-4-10-16(14)20-19(15)18/h2-12,20H,1H3. The summed E-state index contributed by atoms with van der Waals surface area (Å²) in [6.07, 6.45) is 0. The van der Waals surface area contributed by atoms with Gasteiger partial charge in [-0.1, -0.05) is 48.5 Å². The van der Waals surface area contributed by atoms with E-state index in [0.717, 1.165) is 28.1 Å². The van der Waals surface area contributed by atoms with Crippen molar-refractivity contribution in [3.8, 4) is 11.5 Å². The molecule has 102 valence electrons. The Morgan fingerprint density at radius 3 is 2.33 bits per heavy atom. The third kappa shape index (κ3) is 1.96. The van der Waals surface area contributed by atoms with Crippen molar-refractivity contribution in [3.63, 3.8) is 0 Å². The minimum Gasteiger partial charge on any atom is -0.455 e. The molecule has 4 aromatic rings. The Balaban J connectivity index is 1.91. The van der Waals surface area contributed by atoms with Gasteiger partial charge in [0.25, 0.3) is 0 Å². The zero-order valence-electron chi connectivity index (χ0n) is 11.8. The Labute approximate surface area is 123 Å². The van der Waals surface area contributed by atoms with Crippen LogP contribution in [0.5, 0.6) is 11.5 Å². The number of aromatic nitrogens is 1. The van der Waals surface area contributed by atoms with Gasteiger partial charge in [0.15, 0.2) is 5.75 Å². The van der Waals surface area contributed by atoms with E-state index in [1.54, 1.807) is 0 Å². The Kier molecular flexibility index (Phi) is 2.68.